The smallest absolute Gasteiger partial charge is 0.420 e. The molecule has 0 aromatic heterocycles. The number of carbonyl (C=O) groups is 1. The summed E-state index contributed by atoms with van der Waals surface area (Å²) in [6, 6.07) is 0. The maximum atomic E-state index is 11.7. The van der Waals surface area contributed by atoms with Gasteiger partial charge in [-0.2, -0.15) is 0 Å². The Morgan fingerprint density at radius 3 is 2.47 bits per heavy atom. The topological polar surface area (TPSA) is 72.5 Å². The minimum Gasteiger partial charge on any atom is -0.449 e. The highest BCUT2D eigenvalue weighted by Crippen LogP contribution is 2.22. The lowest BCUT2D eigenvalue weighted by atomic mass is 10.0. The molecule has 0 radical (unpaired) electrons. The van der Waals surface area contributed by atoms with Crippen LogP contribution in [0.2, 0.25) is 0 Å². The molecule has 1 N–H and O–H groups in total. The molecule has 0 atom stereocenters. The van der Waals surface area contributed by atoms with Crippen LogP contribution < -0.4 is 4.72 Å². The van der Waals surface area contributed by atoms with Crippen molar-refractivity contribution in [2.24, 2.45) is 0 Å². The van der Waals surface area contributed by atoms with E-state index in [-0.39, 0.29) is 6.61 Å². The molecular formula is C9H17NO4S. The molecule has 0 unspecified atom stereocenters. The summed E-state index contributed by atoms with van der Waals surface area (Å²) in [6.45, 7) is 1.80. The van der Waals surface area contributed by atoms with E-state index in [4.69, 9.17) is 0 Å². The number of nitrogens with one attached hydrogen (secondary N) is 1. The molecular weight excluding hydrogens is 218 g/mol. The molecule has 0 saturated heterocycles. The van der Waals surface area contributed by atoms with Gasteiger partial charge in [-0.1, -0.05) is 19.3 Å². The predicted molar refractivity (Wildman–Crippen MR) is 56.0 cm³/mol. The van der Waals surface area contributed by atoms with E-state index in [9.17, 15) is 13.2 Å². The van der Waals surface area contributed by atoms with Crippen LogP contribution in [-0.4, -0.2) is 26.4 Å². The highest BCUT2D eigenvalue weighted by atomic mass is 32.2. The standard InChI is InChI=1S/C9H17NO4S/c1-2-14-9(11)10-15(12,13)8-6-4-3-5-7-8/h8H,2-7H2,1H3,(H,10,11). The Balaban J connectivity index is 2.53. The Hall–Kier alpha value is -0.780. The van der Waals surface area contributed by atoms with E-state index in [2.05, 4.69) is 4.74 Å². The van der Waals surface area contributed by atoms with Crippen molar-refractivity contribution in [3.05, 3.63) is 0 Å². The van der Waals surface area contributed by atoms with Crippen LogP contribution >= 0.6 is 0 Å². The largest absolute Gasteiger partial charge is 0.449 e. The van der Waals surface area contributed by atoms with Gasteiger partial charge in [0.05, 0.1) is 11.9 Å². The third-order valence-corrected chi connectivity index (χ3v) is 4.29. The Morgan fingerprint density at radius 1 is 1.33 bits per heavy atom. The van der Waals surface area contributed by atoms with Gasteiger partial charge in [-0.25, -0.2) is 17.9 Å². The fourth-order valence-corrected chi connectivity index (χ4v) is 3.15. The third kappa shape index (κ3) is 3.70. The zero-order valence-corrected chi connectivity index (χ0v) is 9.68. The van der Waals surface area contributed by atoms with Gasteiger partial charge in [-0.15, -0.1) is 0 Å². The molecule has 6 heteroatoms. The van der Waals surface area contributed by atoms with Gasteiger partial charge < -0.3 is 4.74 Å². The molecule has 15 heavy (non-hydrogen) atoms. The van der Waals surface area contributed by atoms with Crippen molar-refractivity contribution in [3.8, 4) is 0 Å². The van der Waals surface area contributed by atoms with Crippen molar-refractivity contribution in [2.75, 3.05) is 6.61 Å². The maximum absolute atomic E-state index is 11.7. The molecule has 0 bridgehead atoms. The van der Waals surface area contributed by atoms with Crippen LogP contribution in [-0.2, 0) is 14.8 Å². The van der Waals surface area contributed by atoms with Gasteiger partial charge in [-0.05, 0) is 19.8 Å². The first kappa shape index (κ1) is 12.3. The van der Waals surface area contributed by atoms with Crippen LogP contribution in [0.5, 0.6) is 0 Å². The molecule has 1 amide bonds. The van der Waals surface area contributed by atoms with E-state index in [0.29, 0.717) is 12.8 Å². The molecule has 1 aliphatic rings. The first-order valence-corrected chi connectivity index (χ1v) is 6.79. The summed E-state index contributed by atoms with van der Waals surface area (Å²) in [5.41, 5.74) is 0. The number of rotatable bonds is 3. The Morgan fingerprint density at radius 2 is 1.93 bits per heavy atom. The zero-order valence-electron chi connectivity index (χ0n) is 8.86. The minimum absolute atomic E-state index is 0.173. The molecule has 1 fully saturated rings. The van der Waals surface area contributed by atoms with E-state index < -0.39 is 21.4 Å². The van der Waals surface area contributed by atoms with Gasteiger partial charge in [0, 0.05) is 0 Å². The average Bonchev–Trinajstić information content (AvgIpc) is 2.18. The number of hydrogen-bond donors (Lipinski definition) is 1. The quantitative estimate of drug-likeness (QED) is 0.802. The predicted octanol–water partition coefficient (Wildman–Crippen LogP) is 1.39. The van der Waals surface area contributed by atoms with Gasteiger partial charge in [0.25, 0.3) is 0 Å². The molecule has 0 aliphatic heterocycles. The SMILES string of the molecule is CCOC(=O)NS(=O)(=O)C1CCCCC1. The fourth-order valence-electron chi connectivity index (χ4n) is 1.74. The first-order chi connectivity index (χ1) is 7.06. The van der Waals surface area contributed by atoms with Gasteiger partial charge in [0.15, 0.2) is 0 Å². The number of hydrogen-bond acceptors (Lipinski definition) is 4. The molecule has 0 spiro atoms. The molecule has 0 heterocycles. The lowest BCUT2D eigenvalue weighted by Gasteiger charge is -2.21. The van der Waals surface area contributed by atoms with Crippen molar-refractivity contribution in [1.82, 2.24) is 4.72 Å². The molecule has 1 rings (SSSR count). The zero-order chi connectivity index (χ0) is 11.3. The van der Waals surface area contributed by atoms with Crippen LogP contribution in [0.3, 0.4) is 0 Å². The highest BCUT2D eigenvalue weighted by molar-refractivity contribution is 7.90. The van der Waals surface area contributed by atoms with Crippen molar-refractivity contribution < 1.29 is 17.9 Å². The van der Waals surface area contributed by atoms with Crippen LogP contribution in [0.15, 0.2) is 0 Å². The molecule has 0 aromatic rings. The number of amides is 1. The van der Waals surface area contributed by atoms with E-state index >= 15 is 0 Å². The van der Waals surface area contributed by atoms with Crippen molar-refractivity contribution in [3.63, 3.8) is 0 Å². The summed E-state index contributed by atoms with van der Waals surface area (Å²) in [5.74, 6) is 0. The third-order valence-electron chi connectivity index (χ3n) is 2.49. The summed E-state index contributed by atoms with van der Waals surface area (Å²) in [4.78, 5) is 11.0. The lowest BCUT2D eigenvalue weighted by molar-refractivity contribution is 0.158. The van der Waals surface area contributed by atoms with Gasteiger partial charge in [0.1, 0.15) is 0 Å². The van der Waals surface area contributed by atoms with E-state index in [1.165, 1.54) is 0 Å². The Kier molecular flexibility index (Phi) is 4.38. The minimum atomic E-state index is -3.53. The normalized spacial score (nSPS) is 18.5. The van der Waals surface area contributed by atoms with E-state index in [1.807, 2.05) is 4.72 Å². The molecule has 1 aliphatic carbocycles. The highest BCUT2D eigenvalue weighted by Gasteiger charge is 2.28. The summed E-state index contributed by atoms with van der Waals surface area (Å²) < 4.78 is 29.8. The summed E-state index contributed by atoms with van der Waals surface area (Å²) >= 11 is 0. The molecule has 88 valence electrons. The summed E-state index contributed by atoms with van der Waals surface area (Å²) in [6.07, 6.45) is 3.29. The lowest BCUT2D eigenvalue weighted by Crippen LogP contribution is -2.39. The van der Waals surface area contributed by atoms with Crippen LogP contribution in [0.1, 0.15) is 39.0 Å². The second-order valence-corrected chi connectivity index (χ2v) is 5.59. The Bertz CT molecular complexity index is 306. The van der Waals surface area contributed by atoms with Crippen LogP contribution in [0, 0.1) is 0 Å². The van der Waals surface area contributed by atoms with Crippen molar-refractivity contribution in [1.29, 1.82) is 0 Å². The first-order valence-electron chi connectivity index (χ1n) is 5.24. The second-order valence-electron chi connectivity index (χ2n) is 3.63. The van der Waals surface area contributed by atoms with Gasteiger partial charge >= 0.3 is 6.09 Å². The number of carbonyl (C=O) groups excluding carboxylic acids is 1. The number of sulfonamides is 1. The monoisotopic (exact) mass is 235 g/mol. The number of ether oxygens (including phenoxy) is 1. The van der Waals surface area contributed by atoms with Crippen LogP contribution in [0.4, 0.5) is 4.79 Å². The molecule has 1 saturated carbocycles. The van der Waals surface area contributed by atoms with E-state index in [1.54, 1.807) is 6.92 Å². The molecule has 0 aromatic carbocycles. The van der Waals surface area contributed by atoms with Crippen LogP contribution in [0.25, 0.3) is 0 Å². The summed E-state index contributed by atoms with van der Waals surface area (Å²) in [5, 5.41) is -0.435. The average molecular weight is 235 g/mol. The fraction of sp³-hybridized carbons (Fsp3) is 0.889. The van der Waals surface area contributed by atoms with Crippen molar-refractivity contribution >= 4 is 16.1 Å². The second kappa shape index (κ2) is 5.34. The molecule has 5 nitrogen and oxygen atoms in total. The Labute approximate surface area is 90.2 Å². The van der Waals surface area contributed by atoms with Gasteiger partial charge in [-0.3, -0.25) is 0 Å². The van der Waals surface area contributed by atoms with Crippen molar-refractivity contribution in [2.45, 2.75) is 44.3 Å². The van der Waals surface area contributed by atoms with E-state index in [0.717, 1.165) is 19.3 Å². The maximum Gasteiger partial charge on any atom is 0.420 e. The summed E-state index contributed by atoms with van der Waals surface area (Å²) in [7, 11) is -3.53. The van der Waals surface area contributed by atoms with Gasteiger partial charge in [0.2, 0.25) is 10.0 Å².